The monoisotopic (exact) mass is 402 g/mol. The lowest BCUT2D eigenvalue weighted by atomic mass is 10.2. The molecule has 0 aliphatic heterocycles. The van der Waals surface area contributed by atoms with Crippen LogP contribution in [0.1, 0.15) is 31.8 Å². The Balaban J connectivity index is 1.69. The quantitative estimate of drug-likeness (QED) is 0.469. The number of hydrogen-bond donors (Lipinski definition) is 1. The largest absolute Gasteiger partial charge is 0.465 e. The van der Waals surface area contributed by atoms with Crippen molar-refractivity contribution in [3.63, 3.8) is 0 Å². The Morgan fingerprint density at radius 2 is 1.69 bits per heavy atom. The molecule has 3 aromatic rings. The van der Waals surface area contributed by atoms with Gasteiger partial charge in [0.2, 0.25) is 0 Å². The molecule has 1 N–H and O–H groups in total. The van der Waals surface area contributed by atoms with Crippen molar-refractivity contribution in [3.8, 4) is 6.07 Å². The molecular formula is C23H18N2O3S. The second-order valence-corrected chi connectivity index (χ2v) is 7.13. The summed E-state index contributed by atoms with van der Waals surface area (Å²) >= 11 is 1.56. The number of hydrogen-bond acceptors (Lipinski definition) is 5. The normalized spacial score (nSPS) is 10.1. The standard InChI is InChI=1S/C23H18N2O3S/c1-28-23(27)18-10-12-19(13-11-18)25-22(26)20-4-2-3-5-21(20)29-15-17-8-6-16(14-24)7-9-17/h2-13H,15H2,1H3,(H,25,26). The molecule has 0 saturated carbocycles. The number of methoxy groups -OCH3 is 1. The zero-order chi connectivity index (χ0) is 20.6. The molecule has 3 aromatic carbocycles. The summed E-state index contributed by atoms with van der Waals surface area (Å²) in [6.07, 6.45) is 0. The van der Waals surface area contributed by atoms with Crippen LogP contribution >= 0.6 is 11.8 Å². The van der Waals surface area contributed by atoms with Gasteiger partial charge in [-0.1, -0.05) is 24.3 Å². The zero-order valence-electron chi connectivity index (χ0n) is 15.7. The maximum Gasteiger partial charge on any atom is 0.337 e. The Morgan fingerprint density at radius 1 is 1.00 bits per heavy atom. The van der Waals surface area contributed by atoms with E-state index in [1.807, 2.05) is 30.3 Å². The van der Waals surface area contributed by atoms with Gasteiger partial charge in [0, 0.05) is 16.3 Å². The SMILES string of the molecule is COC(=O)c1ccc(NC(=O)c2ccccc2SCc2ccc(C#N)cc2)cc1. The molecular weight excluding hydrogens is 384 g/mol. The molecule has 1 amide bonds. The molecule has 0 unspecified atom stereocenters. The molecule has 5 nitrogen and oxygen atoms in total. The van der Waals surface area contributed by atoms with Crippen molar-refractivity contribution in [1.82, 2.24) is 0 Å². The fourth-order valence-corrected chi connectivity index (χ4v) is 3.63. The first-order valence-corrected chi connectivity index (χ1v) is 9.80. The fourth-order valence-electron chi connectivity index (χ4n) is 2.62. The highest BCUT2D eigenvalue weighted by Gasteiger charge is 2.12. The summed E-state index contributed by atoms with van der Waals surface area (Å²) < 4.78 is 4.67. The van der Waals surface area contributed by atoms with Crippen molar-refractivity contribution in [2.24, 2.45) is 0 Å². The van der Waals surface area contributed by atoms with Gasteiger partial charge in [-0.25, -0.2) is 4.79 Å². The second kappa shape index (κ2) is 9.58. The second-order valence-electron chi connectivity index (χ2n) is 6.12. The number of nitrogens with zero attached hydrogens (tertiary/aromatic N) is 1. The molecule has 3 rings (SSSR count). The van der Waals surface area contributed by atoms with Gasteiger partial charge >= 0.3 is 5.97 Å². The molecule has 0 atom stereocenters. The van der Waals surface area contributed by atoms with Crippen LogP contribution in [-0.4, -0.2) is 19.0 Å². The number of anilines is 1. The highest BCUT2D eigenvalue weighted by molar-refractivity contribution is 7.98. The Labute approximate surface area is 173 Å². The van der Waals surface area contributed by atoms with Gasteiger partial charge in [-0.2, -0.15) is 5.26 Å². The third kappa shape index (κ3) is 5.24. The van der Waals surface area contributed by atoms with Crippen LogP contribution in [0, 0.1) is 11.3 Å². The minimum Gasteiger partial charge on any atom is -0.465 e. The van der Waals surface area contributed by atoms with E-state index in [0.717, 1.165) is 10.5 Å². The Hall–Kier alpha value is -3.56. The summed E-state index contributed by atoms with van der Waals surface area (Å²) in [5.41, 5.74) is 3.28. The third-order valence-electron chi connectivity index (χ3n) is 4.17. The lowest BCUT2D eigenvalue weighted by molar-refractivity contribution is 0.0600. The van der Waals surface area contributed by atoms with Crippen molar-refractivity contribution in [1.29, 1.82) is 5.26 Å². The number of benzene rings is 3. The summed E-state index contributed by atoms with van der Waals surface area (Å²) in [5.74, 6) is 0.0373. The van der Waals surface area contributed by atoms with Crippen molar-refractivity contribution in [3.05, 3.63) is 95.1 Å². The average molecular weight is 402 g/mol. The van der Waals surface area contributed by atoms with E-state index in [-0.39, 0.29) is 5.91 Å². The number of nitrogens with one attached hydrogen (secondary N) is 1. The van der Waals surface area contributed by atoms with Gasteiger partial charge in [-0.3, -0.25) is 4.79 Å². The van der Waals surface area contributed by atoms with Crippen molar-refractivity contribution < 1.29 is 14.3 Å². The summed E-state index contributed by atoms with van der Waals surface area (Å²) in [5, 5.41) is 11.7. The maximum absolute atomic E-state index is 12.8. The first-order chi connectivity index (χ1) is 14.1. The first-order valence-electron chi connectivity index (χ1n) is 8.81. The molecule has 0 spiro atoms. The van der Waals surface area contributed by atoms with E-state index in [9.17, 15) is 9.59 Å². The van der Waals surface area contributed by atoms with Crippen LogP contribution in [0.25, 0.3) is 0 Å². The molecule has 0 saturated heterocycles. The smallest absolute Gasteiger partial charge is 0.337 e. The van der Waals surface area contributed by atoms with Crippen molar-refractivity contribution in [2.75, 3.05) is 12.4 Å². The van der Waals surface area contributed by atoms with E-state index in [1.54, 1.807) is 54.2 Å². The van der Waals surface area contributed by atoms with Crippen molar-refractivity contribution >= 4 is 29.3 Å². The van der Waals surface area contributed by atoms with Crippen LogP contribution < -0.4 is 5.32 Å². The fraction of sp³-hybridized carbons (Fsp3) is 0.0870. The van der Waals surface area contributed by atoms with Gasteiger partial charge in [0.05, 0.1) is 29.9 Å². The van der Waals surface area contributed by atoms with Gasteiger partial charge in [-0.05, 0) is 54.1 Å². The van der Waals surface area contributed by atoms with Gasteiger partial charge < -0.3 is 10.1 Å². The lowest BCUT2D eigenvalue weighted by Crippen LogP contribution is -2.13. The minimum absolute atomic E-state index is 0.223. The van der Waals surface area contributed by atoms with Crippen LogP contribution in [0.2, 0.25) is 0 Å². The highest BCUT2D eigenvalue weighted by Crippen LogP contribution is 2.27. The van der Waals surface area contributed by atoms with Gasteiger partial charge in [0.15, 0.2) is 0 Å². The van der Waals surface area contributed by atoms with E-state index in [2.05, 4.69) is 16.1 Å². The number of nitriles is 1. The molecule has 0 aliphatic rings. The molecule has 0 aliphatic carbocycles. The molecule has 0 aromatic heterocycles. The van der Waals surface area contributed by atoms with E-state index in [0.29, 0.717) is 28.1 Å². The number of rotatable bonds is 6. The summed E-state index contributed by atoms with van der Waals surface area (Å²) in [6, 6.07) is 23.4. The summed E-state index contributed by atoms with van der Waals surface area (Å²) in [7, 11) is 1.32. The Bertz CT molecular complexity index is 1050. The zero-order valence-corrected chi connectivity index (χ0v) is 16.5. The van der Waals surface area contributed by atoms with Crippen LogP contribution in [-0.2, 0) is 10.5 Å². The van der Waals surface area contributed by atoms with Crippen LogP contribution in [0.5, 0.6) is 0 Å². The number of thioether (sulfide) groups is 1. The van der Waals surface area contributed by atoms with Gasteiger partial charge in [0.1, 0.15) is 0 Å². The summed E-state index contributed by atoms with van der Waals surface area (Å²) in [4.78, 5) is 25.1. The first kappa shape index (κ1) is 20.2. The number of carbonyl (C=O) groups excluding carboxylic acids is 2. The molecule has 0 heterocycles. The highest BCUT2D eigenvalue weighted by atomic mass is 32.2. The van der Waals surface area contributed by atoms with E-state index in [1.165, 1.54) is 7.11 Å². The molecule has 0 radical (unpaired) electrons. The Morgan fingerprint density at radius 3 is 2.34 bits per heavy atom. The number of esters is 1. The maximum atomic E-state index is 12.8. The topological polar surface area (TPSA) is 79.2 Å². The minimum atomic E-state index is -0.424. The average Bonchev–Trinajstić information content (AvgIpc) is 2.78. The van der Waals surface area contributed by atoms with Crippen molar-refractivity contribution in [2.45, 2.75) is 10.6 Å². The lowest BCUT2D eigenvalue weighted by Gasteiger charge is -2.10. The molecule has 0 fully saturated rings. The van der Waals surface area contributed by atoms with Crippen LogP contribution in [0.4, 0.5) is 5.69 Å². The number of carbonyl (C=O) groups is 2. The number of ether oxygens (including phenoxy) is 1. The Kier molecular flexibility index (Phi) is 6.67. The third-order valence-corrected chi connectivity index (χ3v) is 5.32. The molecule has 29 heavy (non-hydrogen) atoms. The molecule has 0 bridgehead atoms. The predicted octanol–water partition coefficient (Wildman–Crippen LogP) is 4.89. The van der Waals surface area contributed by atoms with E-state index >= 15 is 0 Å². The summed E-state index contributed by atoms with van der Waals surface area (Å²) in [6.45, 7) is 0. The molecule has 6 heteroatoms. The van der Waals surface area contributed by atoms with Gasteiger partial charge in [-0.15, -0.1) is 11.8 Å². The van der Waals surface area contributed by atoms with Gasteiger partial charge in [0.25, 0.3) is 5.91 Å². The molecule has 144 valence electrons. The van der Waals surface area contributed by atoms with E-state index in [4.69, 9.17) is 5.26 Å². The number of amides is 1. The van der Waals surface area contributed by atoms with Crippen LogP contribution in [0.3, 0.4) is 0 Å². The van der Waals surface area contributed by atoms with E-state index < -0.39 is 5.97 Å². The van der Waals surface area contributed by atoms with Crippen LogP contribution in [0.15, 0.2) is 77.7 Å². The predicted molar refractivity (Wildman–Crippen MR) is 113 cm³/mol.